The lowest BCUT2D eigenvalue weighted by Gasteiger charge is -2.11. The highest BCUT2D eigenvalue weighted by molar-refractivity contribution is 5.95. The number of halogens is 3. The lowest BCUT2D eigenvalue weighted by atomic mass is 10.0. The Hall–Kier alpha value is -1.56. The Bertz CT molecular complexity index is 405. The molecule has 0 radical (unpaired) electrons. The van der Waals surface area contributed by atoms with Crippen LogP contribution in [0.2, 0.25) is 0 Å². The smallest absolute Gasteiger partial charge is 0.343 e. The molecule has 1 amide bonds. The normalized spacial score (nSPS) is 11.3. The third-order valence-electron chi connectivity index (χ3n) is 2.36. The van der Waals surface area contributed by atoms with Crippen molar-refractivity contribution in [3.63, 3.8) is 0 Å². The van der Waals surface area contributed by atoms with E-state index < -0.39 is 18.6 Å². The standard InChI is InChI=1S/C12H15F3N2O/c1-16-7-6-9-4-2-3-5-10(9)11(18)17-8-12(13,14)15/h2-5,16H,6-8H2,1H3,(H,17,18). The first-order valence-corrected chi connectivity index (χ1v) is 5.51. The van der Waals surface area contributed by atoms with Crippen molar-refractivity contribution in [3.8, 4) is 0 Å². The molecular weight excluding hydrogens is 245 g/mol. The first kappa shape index (κ1) is 14.5. The molecule has 100 valence electrons. The Labute approximate surface area is 103 Å². The van der Waals surface area contributed by atoms with E-state index in [2.05, 4.69) is 5.32 Å². The molecule has 0 saturated heterocycles. The minimum atomic E-state index is -4.39. The number of hydrogen-bond donors (Lipinski definition) is 2. The van der Waals surface area contributed by atoms with Gasteiger partial charge in [-0.25, -0.2) is 0 Å². The predicted molar refractivity (Wildman–Crippen MR) is 62.5 cm³/mol. The number of amides is 1. The summed E-state index contributed by atoms with van der Waals surface area (Å²) in [5.74, 6) is -0.695. The first-order valence-electron chi connectivity index (χ1n) is 5.51. The van der Waals surface area contributed by atoms with Gasteiger partial charge in [0, 0.05) is 5.56 Å². The summed E-state index contributed by atoms with van der Waals surface area (Å²) in [4.78, 5) is 11.6. The largest absolute Gasteiger partial charge is 0.405 e. The fourth-order valence-electron chi connectivity index (χ4n) is 1.50. The molecule has 6 heteroatoms. The Morgan fingerprint density at radius 2 is 1.94 bits per heavy atom. The summed E-state index contributed by atoms with van der Waals surface area (Å²) in [5.41, 5.74) is 1.02. The van der Waals surface area contributed by atoms with E-state index in [4.69, 9.17) is 0 Å². The molecule has 0 aromatic heterocycles. The van der Waals surface area contributed by atoms with Crippen LogP contribution < -0.4 is 10.6 Å². The maximum Gasteiger partial charge on any atom is 0.405 e. The number of hydrogen-bond acceptors (Lipinski definition) is 2. The molecule has 1 aromatic rings. The van der Waals surface area contributed by atoms with Gasteiger partial charge in [0.2, 0.25) is 0 Å². The van der Waals surface area contributed by atoms with Crippen molar-refractivity contribution >= 4 is 5.91 Å². The van der Waals surface area contributed by atoms with Crippen LogP contribution in [0.25, 0.3) is 0 Å². The van der Waals surface area contributed by atoms with Crippen LogP contribution in [0.15, 0.2) is 24.3 Å². The van der Waals surface area contributed by atoms with Crippen LogP contribution in [0.1, 0.15) is 15.9 Å². The van der Waals surface area contributed by atoms with Gasteiger partial charge < -0.3 is 10.6 Å². The maximum absolute atomic E-state index is 12.0. The van der Waals surface area contributed by atoms with Gasteiger partial charge in [0.15, 0.2) is 0 Å². The molecule has 0 fully saturated rings. The summed E-state index contributed by atoms with van der Waals surface area (Å²) in [7, 11) is 1.77. The van der Waals surface area contributed by atoms with Crippen LogP contribution in [0.3, 0.4) is 0 Å². The van der Waals surface area contributed by atoms with Crippen molar-refractivity contribution in [1.82, 2.24) is 10.6 Å². The van der Waals surface area contributed by atoms with Crippen LogP contribution in [-0.4, -0.2) is 32.2 Å². The molecule has 0 heterocycles. The van der Waals surface area contributed by atoms with E-state index in [0.717, 1.165) is 5.56 Å². The fraction of sp³-hybridized carbons (Fsp3) is 0.417. The number of carbonyl (C=O) groups excluding carboxylic acids is 1. The van der Waals surface area contributed by atoms with Crippen LogP contribution in [0.5, 0.6) is 0 Å². The zero-order chi connectivity index (χ0) is 13.6. The Balaban J connectivity index is 2.72. The number of carbonyl (C=O) groups is 1. The lowest BCUT2D eigenvalue weighted by molar-refractivity contribution is -0.123. The molecule has 0 spiro atoms. The molecule has 2 N–H and O–H groups in total. The average molecular weight is 260 g/mol. The van der Waals surface area contributed by atoms with Gasteiger partial charge >= 0.3 is 6.18 Å². The molecule has 0 unspecified atom stereocenters. The second-order valence-electron chi connectivity index (χ2n) is 3.81. The molecule has 3 nitrogen and oxygen atoms in total. The first-order chi connectivity index (χ1) is 8.44. The van der Waals surface area contributed by atoms with Gasteiger partial charge in [-0.05, 0) is 31.6 Å². The van der Waals surface area contributed by atoms with Crippen LogP contribution >= 0.6 is 0 Å². The quantitative estimate of drug-likeness (QED) is 0.846. The highest BCUT2D eigenvalue weighted by Gasteiger charge is 2.28. The molecule has 0 atom stereocenters. The van der Waals surface area contributed by atoms with Crippen LogP contribution in [0.4, 0.5) is 13.2 Å². The molecule has 1 aromatic carbocycles. The highest BCUT2D eigenvalue weighted by atomic mass is 19.4. The van der Waals surface area contributed by atoms with E-state index in [9.17, 15) is 18.0 Å². The molecule has 18 heavy (non-hydrogen) atoms. The number of benzene rings is 1. The summed E-state index contributed by atoms with van der Waals surface area (Å²) in [6.45, 7) is -0.657. The number of nitrogens with one attached hydrogen (secondary N) is 2. The van der Waals surface area contributed by atoms with Gasteiger partial charge in [0.05, 0.1) is 0 Å². The van der Waals surface area contributed by atoms with Crippen molar-refractivity contribution in [3.05, 3.63) is 35.4 Å². The second kappa shape index (κ2) is 6.39. The van der Waals surface area contributed by atoms with E-state index in [1.165, 1.54) is 6.07 Å². The zero-order valence-electron chi connectivity index (χ0n) is 9.97. The van der Waals surface area contributed by atoms with Crippen LogP contribution in [-0.2, 0) is 6.42 Å². The van der Waals surface area contributed by atoms with E-state index in [1.807, 2.05) is 5.32 Å². The Morgan fingerprint density at radius 1 is 1.28 bits per heavy atom. The van der Waals surface area contributed by atoms with Gasteiger partial charge in [0.25, 0.3) is 5.91 Å². The zero-order valence-corrected chi connectivity index (χ0v) is 9.97. The average Bonchev–Trinajstić information content (AvgIpc) is 2.33. The van der Waals surface area contributed by atoms with Crippen molar-refractivity contribution < 1.29 is 18.0 Å². The second-order valence-corrected chi connectivity index (χ2v) is 3.81. The monoisotopic (exact) mass is 260 g/mol. The number of rotatable bonds is 5. The summed E-state index contributed by atoms with van der Waals surface area (Å²) in [6, 6.07) is 6.65. The van der Waals surface area contributed by atoms with Crippen molar-refractivity contribution in [1.29, 1.82) is 0 Å². The number of alkyl halides is 3. The Kier molecular flexibility index (Phi) is 5.15. The van der Waals surface area contributed by atoms with E-state index >= 15 is 0 Å². The van der Waals surface area contributed by atoms with Crippen molar-refractivity contribution in [2.24, 2.45) is 0 Å². The molecule has 0 saturated carbocycles. The minimum absolute atomic E-state index is 0.289. The Morgan fingerprint density at radius 3 is 2.56 bits per heavy atom. The summed E-state index contributed by atoms with van der Waals surface area (Å²) in [5, 5.41) is 4.80. The molecule has 1 rings (SSSR count). The SMILES string of the molecule is CNCCc1ccccc1C(=O)NCC(F)(F)F. The van der Waals surface area contributed by atoms with E-state index in [-0.39, 0.29) is 5.56 Å². The van der Waals surface area contributed by atoms with E-state index in [1.54, 1.807) is 25.2 Å². The molecular formula is C12H15F3N2O. The topological polar surface area (TPSA) is 41.1 Å². The molecule has 0 aliphatic rings. The fourth-order valence-corrected chi connectivity index (χ4v) is 1.50. The molecule has 0 aliphatic carbocycles. The third-order valence-corrected chi connectivity index (χ3v) is 2.36. The minimum Gasteiger partial charge on any atom is -0.343 e. The van der Waals surface area contributed by atoms with Gasteiger partial charge in [-0.2, -0.15) is 13.2 Å². The van der Waals surface area contributed by atoms with Crippen molar-refractivity contribution in [2.75, 3.05) is 20.1 Å². The molecule has 0 bridgehead atoms. The highest BCUT2D eigenvalue weighted by Crippen LogP contribution is 2.14. The van der Waals surface area contributed by atoms with Gasteiger partial charge in [-0.1, -0.05) is 18.2 Å². The van der Waals surface area contributed by atoms with Gasteiger partial charge in [0.1, 0.15) is 6.54 Å². The van der Waals surface area contributed by atoms with Crippen molar-refractivity contribution in [2.45, 2.75) is 12.6 Å². The summed E-state index contributed by atoms with van der Waals surface area (Å²) in [6.07, 6.45) is -3.80. The summed E-state index contributed by atoms with van der Waals surface area (Å²) >= 11 is 0. The van der Waals surface area contributed by atoms with Crippen LogP contribution in [0, 0.1) is 0 Å². The predicted octanol–water partition coefficient (Wildman–Crippen LogP) is 1.74. The molecule has 0 aliphatic heterocycles. The van der Waals surface area contributed by atoms with Gasteiger partial charge in [-0.15, -0.1) is 0 Å². The summed E-state index contributed by atoms with van der Waals surface area (Å²) < 4.78 is 36.0. The number of likely N-dealkylation sites (N-methyl/N-ethyl adjacent to an activating group) is 1. The maximum atomic E-state index is 12.0. The van der Waals surface area contributed by atoms with E-state index in [0.29, 0.717) is 13.0 Å². The third kappa shape index (κ3) is 4.75. The lowest BCUT2D eigenvalue weighted by Crippen LogP contribution is -2.34. The van der Waals surface area contributed by atoms with Gasteiger partial charge in [-0.3, -0.25) is 4.79 Å².